The number of carbonyl (C=O) groups excluding carboxylic acids is 1. The van der Waals surface area contributed by atoms with Crippen molar-refractivity contribution in [2.75, 3.05) is 11.9 Å². The van der Waals surface area contributed by atoms with Crippen LogP contribution in [0.5, 0.6) is 5.75 Å². The first kappa shape index (κ1) is 14.1. The number of aryl methyl sites for hydroxylation is 1. The minimum atomic E-state index is -0.252. The second kappa shape index (κ2) is 6.21. The summed E-state index contributed by atoms with van der Waals surface area (Å²) in [4.78, 5) is 12.0. The van der Waals surface area contributed by atoms with E-state index in [2.05, 4.69) is 10.4 Å². The zero-order valence-electron chi connectivity index (χ0n) is 11.5. The molecule has 0 radical (unpaired) electrons. The predicted octanol–water partition coefficient (Wildman–Crippen LogP) is 1.56. The fraction of sp³-hybridized carbons (Fsp3) is 0.286. The highest BCUT2D eigenvalue weighted by molar-refractivity contribution is 6.03. The van der Waals surface area contributed by atoms with Gasteiger partial charge in [-0.15, -0.1) is 0 Å². The van der Waals surface area contributed by atoms with E-state index in [1.165, 1.54) is 4.68 Å². The molecule has 0 aliphatic rings. The molecule has 106 valence electrons. The quantitative estimate of drug-likeness (QED) is 0.868. The fourth-order valence-corrected chi connectivity index (χ4v) is 1.87. The predicted molar refractivity (Wildman–Crippen MR) is 74.7 cm³/mol. The number of carbonyl (C=O) groups is 1. The second-order valence-electron chi connectivity index (χ2n) is 4.21. The van der Waals surface area contributed by atoms with Crippen LogP contribution in [-0.2, 0) is 13.7 Å². The summed E-state index contributed by atoms with van der Waals surface area (Å²) < 4.78 is 6.89. The van der Waals surface area contributed by atoms with E-state index in [1.807, 2.05) is 6.92 Å². The lowest BCUT2D eigenvalue weighted by Gasteiger charge is -2.11. The van der Waals surface area contributed by atoms with E-state index in [1.54, 1.807) is 37.5 Å². The normalized spacial score (nSPS) is 10.3. The highest BCUT2D eigenvalue weighted by Gasteiger charge is 2.11. The van der Waals surface area contributed by atoms with Crippen LogP contribution in [0.2, 0.25) is 0 Å². The van der Waals surface area contributed by atoms with Crippen LogP contribution in [0.25, 0.3) is 0 Å². The Kier molecular flexibility index (Phi) is 4.37. The van der Waals surface area contributed by atoms with E-state index in [0.717, 1.165) is 0 Å². The minimum Gasteiger partial charge on any atom is -0.494 e. The number of benzene rings is 1. The van der Waals surface area contributed by atoms with Gasteiger partial charge in [0, 0.05) is 24.5 Å². The number of aliphatic hydroxyl groups is 1. The summed E-state index contributed by atoms with van der Waals surface area (Å²) in [5.74, 6) is 0.367. The van der Waals surface area contributed by atoms with Crippen LogP contribution in [0.1, 0.15) is 23.0 Å². The van der Waals surface area contributed by atoms with Gasteiger partial charge in [0.15, 0.2) is 0 Å². The van der Waals surface area contributed by atoms with Gasteiger partial charge in [-0.3, -0.25) is 9.48 Å². The Morgan fingerprint density at radius 3 is 2.85 bits per heavy atom. The first-order valence-electron chi connectivity index (χ1n) is 6.31. The van der Waals surface area contributed by atoms with Gasteiger partial charge in [-0.05, 0) is 31.2 Å². The van der Waals surface area contributed by atoms with Gasteiger partial charge in [-0.1, -0.05) is 0 Å². The molecule has 1 aromatic heterocycles. The molecule has 0 atom stereocenters. The van der Waals surface area contributed by atoms with E-state index >= 15 is 0 Å². The molecular formula is C14H17N3O3. The summed E-state index contributed by atoms with van der Waals surface area (Å²) in [5, 5.41) is 16.0. The van der Waals surface area contributed by atoms with Crippen LogP contribution in [0.4, 0.5) is 5.69 Å². The molecule has 6 nitrogen and oxygen atoms in total. The maximum atomic E-state index is 12.0. The molecule has 6 heteroatoms. The molecule has 0 aliphatic carbocycles. The Bertz CT molecular complexity index is 607. The van der Waals surface area contributed by atoms with Crippen LogP contribution in [0.15, 0.2) is 30.5 Å². The number of hydrogen-bond acceptors (Lipinski definition) is 4. The molecule has 1 heterocycles. The molecule has 0 fully saturated rings. The number of hydrogen-bond donors (Lipinski definition) is 2. The lowest BCUT2D eigenvalue weighted by atomic mass is 10.2. The zero-order chi connectivity index (χ0) is 14.5. The van der Waals surface area contributed by atoms with Gasteiger partial charge < -0.3 is 15.2 Å². The summed E-state index contributed by atoms with van der Waals surface area (Å²) in [7, 11) is 1.70. The Balaban J connectivity index is 2.18. The van der Waals surface area contributed by atoms with Crippen LogP contribution < -0.4 is 10.1 Å². The topological polar surface area (TPSA) is 76.4 Å². The molecule has 2 aromatic rings. The first-order valence-corrected chi connectivity index (χ1v) is 6.31. The Labute approximate surface area is 117 Å². The molecule has 0 spiro atoms. The molecule has 1 aromatic carbocycles. The lowest BCUT2D eigenvalue weighted by molar-refractivity contribution is 0.101. The van der Waals surface area contributed by atoms with E-state index in [4.69, 9.17) is 4.74 Å². The van der Waals surface area contributed by atoms with Gasteiger partial charge in [-0.2, -0.15) is 5.10 Å². The second-order valence-corrected chi connectivity index (χ2v) is 4.21. The molecule has 0 saturated carbocycles. The van der Waals surface area contributed by atoms with Crippen molar-refractivity contribution in [3.63, 3.8) is 0 Å². The van der Waals surface area contributed by atoms with Gasteiger partial charge in [0.1, 0.15) is 11.4 Å². The summed E-state index contributed by atoms with van der Waals surface area (Å²) >= 11 is 0. The zero-order valence-corrected chi connectivity index (χ0v) is 11.5. The summed E-state index contributed by atoms with van der Waals surface area (Å²) in [6.07, 6.45) is 1.56. The minimum absolute atomic E-state index is 0.148. The maximum Gasteiger partial charge on any atom is 0.273 e. The molecule has 20 heavy (non-hydrogen) atoms. The molecule has 2 rings (SSSR count). The summed E-state index contributed by atoms with van der Waals surface area (Å²) in [6, 6.07) is 6.79. The number of aliphatic hydroxyl groups excluding tert-OH is 1. The average Bonchev–Trinajstić information content (AvgIpc) is 2.87. The monoisotopic (exact) mass is 275 g/mol. The third-order valence-electron chi connectivity index (χ3n) is 2.84. The van der Waals surface area contributed by atoms with Crippen molar-refractivity contribution >= 4 is 11.6 Å². The van der Waals surface area contributed by atoms with Crippen molar-refractivity contribution in [3.05, 3.63) is 41.7 Å². The fourth-order valence-electron chi connectivity index (χ4n) is 1.87. The molecule has 2 N–H and O–H groups in total. The summed E-state index contributed by atoms with van der Waals surface area (Å²) in [6.45, 7) is 2.25. The van der Waals surface area contributed by atoms with Gasteiger partial charge in [-0.25, -0.2) is 0 Å². The molecule has 0 unspecified atom stereocenters. The highest BCUT2D eigenvalue weighted by Crippen LogP contribution is 2.23. The Morgan fingerprint density at radius 2 is 2.25 bits per heavy atom. The number of nitrogens with zero attached hydrogens (tertiary/aromatic N) is 2. The molecule has 1 amide bonds. The van der Waals surface area contributed by atoms with Crippen LogP contribution in [-0.4, -0.2) is 27.4 Å². The number of nitrogens with one attached hydrogen (secondary N) is 1. The van der Waals surface area contributed by atoms with Crippen molar-refractivity contribution < 1.29 is 14.6 Å². The third kappa shape index (κ3) is 2.97. The van der Waals surface area contributed by atoms with Crippen molar-refractivity contribution in [2.45, 2.75) is 13.5 Å². The Hall–Kier alpha value is -2.34. The van der Waals surface area contributed by atoms with Crippen LogP contribution >= 0.6 is 0 Å². The van der Waals surface area contributed by atoms with E-state index < -0.39 is 0 Å². The molecule has 0 saturated heterocycles. The van der Waals surface area contributed by atoms with Crippen LogP contribution in [0, 0.1) is 0 Å². The number of anilines is 1. The molecule has 0 bridgehead atoms. The Morgan fingerprint density at radius 1 is 1.45 bits per heavy atom. The van der Waals surface area contributed by atoms with Crippen molar-refractivity contribution in [3.8, 4) is 5.75 Å². The SMILES string of the molecule is CCOc1ccc(NC(=O)c2ccnn2C)cc1CO. The van der Waals surface area contributed by atoms with Gasteiger partial charge >= 0.3 is 0 Å². The van der Waals surface area contributed by atoms with E-state index in [0.29, 0.717) is 29.3 Å². The number of rotatable bonds is 5. The summed E-state index contributed by atoms with van der Waals surface area (Å²) in [5.41, 5.74) is 1.70. The third-order valence-corrected chi connectivity index (χ3v) is 2.84. The lowest BCUT2D eigenvalue weighted by Crippen LogP contribution is -2.16. The van der Waals surface area contributed by atoms with Gasteiger partial charge in [0.2, 0.25) is 0 Å². The number of amides is 1. The van der Waals surface area contributed by atoms with E-state index in [-0.39, 0.29) is 12.5 Å². The average molecular weight is 275 g/mol. The van der Waals surface area contributed by atoms with Gasteiger partial charge in [0.05, 0.1) is 13.2 Å². The number of aromatic nitrogens is 2. The first-order chi connectivity index (χ1) is 9.65. The van der Waals surface area contributed by atoms with E-state index in [9.17, 15) is 9.90 Å². The van der Waals surface area contributed by atoms with Crippen LogP contribution in [0.3, 0.4) is 0 Å². The van der Waals surface area contributed by atoms with Crippen molar-refractivity contribution in [1.29, 1.82) is 0 Å². The molecule has 0 aliphatic heterocycles. The standard InChI is InChI=1S/C14H17N3O3/c1-3-20-13-5-4-11(8-10(13)9-18)16-14(19)12-6-7-15-17(12)2/h4-8,18H,3,9H2,1-2H3,(H,16,19). The van der Waals surface area contributed by atoms with Crippen molar-refractivity contribution in [1.82, 2.24) is 9.78 Å². The highest BCUT2D eigenvalue weighted by atomic mass is 16.5. The smallest absolute Gasteiger partial charge is 0.273 e. The van der Waals surface area contributed by atoms with Crippen molar-refractivity contribution in [2.24, 2.45) is 7.05 Å². The number of ether oxygens (including phenoxy) is 1. The maximum absolute atomic E-state index is 12.0. The molecular weight excluding hydrogens is 258 g/mol. The van der Waals surface area contributed by atoms with Gasteiger partial charge in [0.25, 0.3) is 5.91 Å². The largest absolute Gasteiger partial charge is 0.494 e.